The van der Waals surface area contributed by atoms with E-state index in [9.17, 15) is 9.90 Å². The fraction of sp³-hybridized carbons (Fsp3) is 0.688. The molecule has 2 aliphatic rings. The third-order valence-electron chi connectivity index (χ3n) is 4.58. The monoisotopic (exact) mass is 319 g/mol. The van der Waals surface area contributed by atoms with Crippen molar-refractivity contribution >= 4 is 17.5 Å². The summed E-state index contributed by atoms with van der Waals surface area (Å²) >= 11 is 0. The number of piperidine rings is 1. The van der Waals surface area contributed by atoms with Gasteiger partial charge in [0.25, 0.3) is 5.91 Å². The van der Waals surface area contributed by atoms with Crippen LogP contribution in [-0.4, -0.2) is 64.2 Å². The zero-order valence-electron chi connectivity index (χ0n) is 13.7. The van der Waals surface area contributed by atoms with Crippen molar-refractivity contribution in [3.05, 3.63) is 12.4 Å². The number of aliphatic hydroxyl groups is 1. The molecule has 1 aromatic heterocycles. The summed E-state index contributed by atoms with van der Waals surface area (Å²) in [5.41, 5.74) is -1.32. The van der Waals surface area contributed by atoms with Crippen molar-refractivity contribution in [1.29, 1.82) is 0 Å². The lowest BCUT2D eigenvalue weighted by atomic mass is 9.91. The number of aromatic nitrogens is 2. The van der Waals surface area contributed by atoms with Crippen molar-refractivity contribution in [2.45, 2.75) is 38.2 Å². The molecule has 1 aromatic rings. The number of hydrogen-bond donors (Lipinski definition) is 2. The lowest BCUT2D eigenvalue weighted by molar-refractivity contribution is -0.151. The highest BCUT2D eigenvalue weighted by Gasteiger charge is 2.44. The average Bonchev–Trinajstić information content (AvgIpc) is 3.09. The molecule has 3 rings (SSSR count). The van der Waals surface area contributed by atoms with E-state index in [0.29, 0.717) is 18.1 Å². The van der Waals surface area contributed by atoms with Crippen LogP contribution in [0.1, 0.15) is 32.6 Å². The minimum atomic E-state index is -1.32. The fourth-order valence-corrected chi connectivity index (χ4v) is 3.46. The largest absolute Gasteiger partial charge is 0.378 e. The summed E-state index contributed by atoms with van der Waals surface area (Å²) in [5.74, 6) is 1.28. The van der Waals surface area contributed by atoms with E-state index < -0.39 is 5.60 Å². The molecule has 0 saturated carbocycles. The van der Waals surface area contributed by atoms with Gasteiger partial charge in [0, 0.05) is 38.6 Å². The molecule has 1 amide bonds. The van der Waals surface area contributed by atoms with E-state index in [0.717, 1.165) is 45.4 Å². The fourth-order valence-electron chi connectivity index (χ4n) is 3.46. The van der Waals surface area contributed by atoms with Gasteiger partial charge in [-0.3, -0.25) is 4.79 Å². The van der Waals surface area contributed by atoms with Crippen molar-refractivity contribution < 1.29 is 9.90 Å². The van der Waals surface area contributed by atoms with Gasteiger partial charge in [0.2, 0.25) is 0 Å². The molecule has 2 saturated heterocycles. The minimum absolute atomic E-state index is 0.131. The molecule has 2 aliphatic heterocycles. The third-order valence-corrected chi connectivity index (χ3v) is 4.58. The van der Waals surface area contributed by atoms with Gasteiger partial charge in [-0.15, -0.1) is 0 Å². The van der Waals surface area contributed by atoms with Gasteiger partial charge in [-0.1, -0.05) is 0 Å². The highest BCUT2D eigenvalue weighted by molar-refractivity contribution is 5.86. The first kappa shape index (κ1) is 16.0. The van der Waals surface area contributed by atoms with Crippen LogP contribution >= 0.6 is 0 Å². The van der Waals surface area contributed by atoms with Crippen molar-refractivity contribution in [2.24, 2.45) is 0 Å². The van der Waals surface area contributed by atoms with Gasteiger partial charge < -0.3 is 20.2 Å². The Labute approximate surface area is 136 Å². The zero-order valence-corrected chi connectivity index (χ0v) is 13.7. The SMILES string of the molecule is CCNc1nccnc1N1CCCC(O)(C(=O)N2CCCC2)C1. The summed E-state index contributed by atoms with van der Waals surface area (Å²) in [6.07, 6.45) is 6.62. The maximum Gasteiger partial charge on any atom is 0.256 e. The van der Waals surface area contributed by atoms with Crippen LogP contribution in [0, 0.1) is 0 Å². The third kappa shape index (κ3) is 3.24. The number of amides is 1. The predicted octanol–water partition coefficient (Wildman–Crippen LogP) is 0.862. The standard InChI is InChI=1S/C16H25N5O2/c1-2-17-13-14(19-8-7-18-13)21-11-5-6-16(23,12-21)15(22)20-9-3-4-10-20/h7-8,23H,2-6,9-12H2,1H3,(H,17,18). The molecule has 2 N–H and O–H groups in total. The molecular formula is C16H25N5O2. The molecule has 1 atom stereocenters. The number of rotatable bonds is 4. The van der Waals surface area contributed by atoms with E-state index in [-0.39, 0.29) is 12.5 Å². The number of nitrogens with one attached hydrogen (secondary N) is 1. The molecule has 126 valence electrons. The molecule has 0 aromatic carbocycles. The van der Waals surface area contributed by atoms with Crippen molar-refractivity contribution in [1.82, 2.24) is 14.9 Å². The number of anilines is 2. The van der Waals surface area contributed by atoms with Crippen LogP contribution in [0.5, 0.6) is 0 Å². The van der Waals surface area contributed by atoms with Gasteiger partial charge in [-0.05, 0) is 32.6 Å². The second kappa shape index (κ2) is 6.70. The Morgan fingerprint density at radius 2 is 2.00 bits per heavy atom. The van der Waals surface area contributed by atoms with Crippen LogP contribution in [-0.2, 0) is 4.79 Å². The first-order chi connectivity index (χ1) is 11.1. The molecule has 2 fully saturated rings. The van der Waals surface area contributed by atoms with E-state index in [1.165, 1.54) is 0 Å². The molecule has 1 unspecified atom stereocenters. The summed E-state index contributed by atoms with van der Waals surface area (Å²) in [5, 5.41) is 14.1. The number of hydrogen-bond acceptors (Lipinski definition) is 6. The van der Waals surface area contributed by atoms with E-state index in [1.54, 1.807) is 17.3 Å². The summed E-state index contributed by atoms with van der Waals surface area (Å²) in [6, 6.07) is 0. The van der Waals surface area contributed by atoms with Crippen LogP contribution < -0.4 is 10.2 Å². The number of nitrogens with zero attached hydrogens (tertiary/aromatic N) is 4. The van der Waals surface area contributed by atoms with Gasteiger partial charge in [0.1, 0.15) is 0 Å². The number of carbonyl (C=O) groups is 1. The molecule has 3 heterocycles. The Bertz CT molecular complexity index is 561. The molecular weight excluding hydrogens is 294 g/mol. The van der Waals surface area contributed by atoms with Crippen molar-refractivity contribution in [3.8, 4) is 0 Å². The quantitative estimate of drug-likeness (QED) is 0.857. The lowest BCUT2D eigenvalue weighted by Gasteiger charge is -2.40. The van der Waals surface area contributed by atoms with Crippen LogP contribution in [0.15, 0.2) is 12.4 Å². The molecule has 7 heteroatoms. The average molecular weight is 319 g/mol. The van der Waals surface area contributed by atoms with Crippen LogP contribution in [0.25, 0.3) is 0 Å². The number of carbonyl (C=O) groups excluding carboxylic acids is 1. The second-order valence-electron chi connectivity index (χ2n) is 6.31. The summed E-state index contributed by atoms with van der Waals surface area (Å²) in [6.45, 7) is 5.31. The minimum Gasteiger partial charge on any atom is -0.378 e. The highest BCUT2D eigenvalue weighted by atomic mass is 16.3. The molecule has 0 bridgehead atoms. The Morgan fingerprint density at radius 3 is 2.74 bits per heavy atom. The van der Waals surface area contributed by atoms with Crippen LogP contribution in [0.4, 0.5) is 11.6 Å². The van der Waals surface area contributed by atoms with Crippen molar-refractivity contribution in [3.63, 3.8) is 0 Å². The van der Waals surface area contributed by atoms with Crippen LogP contribution in [0.3, 0.4) is 0 Å². The van der Waals surface area contributed by atoms with Gasteiger partial charge in [0.15, 0.2) is 17.2 Å². The zero-order chi connectivity index (χ0) is 16.3. The maximum atomic E-state index is 12.7. The topological polar surface area (TPSA) is 81.6 Å². The first-order valence-corrected chi connectivity index (χ1v) is 8.45. The van der Waals surface area contributed by atoms with E-state index in [2.05, 4.69) is 15.3 Å². The summed E-state index contributed by atoms with van der Waals surface area (Å²) < 4.78 is 0. The number of β-amino-alcohol motifs (C(OH)–C–C–N with tert-alkyl or cyclic N) is 1. The lowest BCUT2D eigenvalue weighted by Crippen LogP contribution is -2.58. The van der Waals surface area contributed by atoms with Gasteiger partial charge >= 0.3 is 0 Å². The maximum absolute atomic E-state index is 12.7. The molecule has 7 nitrogen and oxygen atoms in total. The first-order valence-electron chi connectivity index (χ1n) is 8.45. The Hall–Kier alpha value is -1.89. The highest BCUT2D eigenvalue weighted by Crippen LogP contribution is 2.30. The Balaban J connectivity index is 1.79. The van der Waals surface area contributed by atoms with E-state index in [4.69, 9.17) is 0 Å². The second-order valence-corrected chi connectivity index (χ2v) is 6.31. The Morgan fingerprint density at radius 1 is 1.26 bits per heavy atom. The smallest absolute Gasteiger partial charge is 0.256 e. The van der Waals surface area contributed by atoms with Gasteiger partial charge in [-0.25, -0.2) is 9.97 Å². The predicted molar refractivity (Wildman–Crippen MR) is 88.4 cm³/mol. The Kier molecular flexibility index (Phi) is 4.66. The van der Waals surface area contributed by atoms with Crippen molar-refractivity contribution in [2.75, 3.05) is 42.9 Å². The van der Waals surface area contributed by atoms with Gasteiger partial charge in [-0.2, -0.15) is 0 Å². The normalized spacial score (nSPS) is 24.8. The van der Waals surface area contributed by atoms with E-state index in [1.807, 2.05) is 11.8 Å². The molecule has 0 spiro atoms. The van der Waals surface area contributed by atoms with Gasteiger partial charge in [0.05, 0.1) is 6.54 Å². The molecule has 0 radical (unpaired) electrons. The summed E-state index contributed by atoms with van der Waals surface area (Å²) in [4.78, 5) is 25.2. The van der Waals surface area contributed by atoms with E-state index >= 15 is 0 Å². The van der Waals surface area contributed by atoms with Crippen LogP contribution in [0.2, 0.25) is 0 Å². The molecule has 23 heavy (non-hydrogen) atoms. The number of likely N-dealkylation sites (tertiary alicyclic amines) is 1. The summed E-state index contributed by atoms with van der Waals surface area (Å²) in [7, 11) is 0. The molecule has 0 aliphatic carbocycles.